The lowest BCUT2D eigenvalue weighted by atomic mass is 9.67. The summed E-state index contributed by atoms with van der Waals surface area (Å²) in [5, 5.41) is 0. The Bertz CT molecular complexity index is 354. The highest BCUT2D eigenvalue weighted by atomic mass is 14.4. The van der Waals surface area contributed by atoms with Crippen LogP contribution in [-0.4, -0.2) is 0 Å². The second-order valence-corrected chi connectivity index (χ2v) is 9.70. The van der Waals surface area contributed by atoms with Gasteiger partial charge in [0.1, 0.15) is 0 Å². The molecule has 0 aliphatic heterocycles. The van der Waals surface area contributed by atoms with Crippen molar-refractivity contribution in [1.82, 2.24) is 0 Å². The zero-order valence-electron chi connectivity index (χ0n) is 16.4. The monoisotopic (exact) mass is 330 g/mol. The quantitative estimate of drug-likeness (QED) is 0.356. The van der Waals surface area contributed by atoms with Gasteiger partial charge in [0.15, 0.2) is 0 Å². The molecule has 0 bridgehead atoms. The average molecular weight is 331 g/mol. The second-order valence-electron chi connectivity index (χ2n) is 9.70. The minimum atomic E-state index is 1.01. The van der Waals surface area contributed by atoms with Crippen LogP contribution in [0.15, 0.2) is 12.7 Å². The molecule has 3 aliphatic carbocycles. The van der Waals surface area contributed by atoms with Crippen LogP contribution in [0.4, 0.5) is 0 Å². The summed E-state index contributed by atoms with van der Waals surface area (Å²) < 4.78 is 0. The van der Waals surface area contributed by atoms with E-state index >= 15 is 0 Å². The van der Waals surface area contributed by atoms with Crippen LogP contribution in [0.1, 0.15) is 103 Å². The summed E-state index contributed by atoms with van der Waals surface area (Å²) in [6.07, 6.45) is 24.8. The first kappa shape index (κ1) is 18.5. The molecule has 138 valence electrons. The molecule has 24 heavy (non-hydrogen) atoms. The van der Waals surface area contributed by atoms with Gasteiger partial charge in [-0.2, -0.15) is 0 Å². The molecule has 0 amide bonds. The van der Waals surface area contributed by atoms with E-state index in [2.05, 4.69) is 19.6 Å². The van der Waals surface area contributed by atoms with E-state index in [-0.39, 0.29) is 0 Å². The fourth-order valence-corrected chi connectivity index (χ4v) is 6.37. The van der Waals surface area contributed by atoms with E-state index in [9.17, 15) is 0 Å². The van der Waals surface area contributed by atoms with Gasteiger partial charge in [-0.1, -0.05) is 51.5 Å². The molecule has 0 aromatic carbocycles. The first-order valence-electron chi connectivity index (χ1n) is 11.4. The molecule has 3 fully saturated rings. The summed E-state index contributed by atoms with van der Waals surface area (Å²) in [6.45, 7) is 6.37. The lowest BCUT2D eigenvalue weighted by Gasteiger charge is -2.39. The normalized spacial score (nSPS) is 41.5. The molecule has 0 heterocycles. The molecule has 3 aliphatic rings. The number of hydrogen-bond acceptors (Lipinski definition) is 0. The van der Waals surface area contributed by atoms with Crippen molar-refractivity contribution in [2.45, 2.75) is 103 Å². The van der Waals surface area contributed by atoms with Crippen molar-refractivity contribution in [3.8, 4) is 0 Å². The molecule has 0 aromatic heterocycles. The molecule has 0 radical (unpaired) electrons. The van der Waals surface area contributed by atoms with E-state index in [0.29, 0.717) is 0 Å². The lowest BCUT2D eigenvalue weighted by Crippen LogP contribution is -2.27. The molecule has 2 atom stereocenters. The highest BCUT2D eigenvalue weighted by Gasteiger charge is 2.33. The van der Waals surface area contributed by atoms with Gasteiger partial charge in [-0.25, -0.2) is 0 Å². The summed E-state index contributed by atoms with van der Waals surface area (Å²) >= 11 is 0. The van der Waals surface area contributed by atoms with Crippen LogP contribution >= 0.6 is 0 Å². The summed E-state index contributed by atoms with van der Waals surface area (Å²) in [6, 6.07) is 0. The van der Waals surface area contributed by atoms with Gasteiger partial charge in [0.05, 0.1) is 0 Å². The van der Waals surface area contributed by atoms with E-state index < -0.39 is 0 Å². The molecule has 0 aromatic rings. The van der Waals surface area contributed by atoms with Crippen molar-refractivity contribution in [3.05, 3.63) is 12.7 Å². The van der Waals surface area contributed by atoms with Crippen LogP contribution in [0.5, 0.6) is 0 Å². The van der Waals surface area contributed by atoms with Crippen molar-refractivity contribution in [2.75, 3.05) is 0 Å². The maximum atomic E-state index is 3.91. The van der Waals surface area contributed by atoms with Crippen LogP contribution in [0.25, 0.3) is 0 Å². The summed E-state index contributed by atoms with van der Waals surface area (Å²) in [7, 11) is 0. The van der Waals surface area contributed by atoms with Gasteiger partial charge in [-0.15, -0.1) is 6.58 Å². The standard InChI is InChI=1S/C24H42/c1-3-4-6-20-7-5-8-21(14-11-20)23-15-17-24(18-16-23)22-12-9-19(2)10-13-22/h3,19-24H,1,4-18H2,2H3. The van der Waals surface area contributed by atoms with Gasteiger partial charge in [0, 0.05) is 0 Å². The van der Waals surface area contributed by atoms with Gasteiger partial charge >= 0.3 is 0 Å². The minimum absolute atomic E-state index is 1.01. The van der Waals surface area contributed by atoms with Gasteiger partial charge in [0.25, 0.3) is 0 Å². The van der Waals surface area contributed by atoms with E-state index in [4.69, 9.17) is 0 Å². The van der Waals surface area contributed by atoms with Gasteiger partial charge in [-0.3, -0.25) is 0 Å². The summed E-state index contributed by atoms with van der Waals surface area (Å²) in [4.78, 5) is 0. The fourth-order valence-electron chi connectivity index (χ4n) is 6.37. The lowest BCUT2D eigenvalue weighted by molar-refractivity contribution is 0.122. The average Bonchev–Trinajstić information content (AvgIpc) is 2.86. The van der Waals surface area contributed by atoms with E-state index in [1.807, 2.05) is 0 Å². The van der Waals surface area contributed by atoms with Crippen molar-refractivity contribution in [2.24, 2.45) is 35.5 Å². The number of allylic oxidation sites excluding steroid dienone is 1. The summed E-state index contributed by atoms with van der Waals surface area (Å²) in [5.41, 5.74) is 0. The highest BCUT2D eigenvalue weighted by Crippen LogP contribution is 2.45. The fraction of sp³-hybridized carbons (Fsp3) is 0.917. The third-order valence-corrected chi connectivity index (χ3v) is 8.12. The molecule has 3 rings (SSSR count). The van der Waals surface area contributed by atoms with Gasteiger partial charge < -0.3 is 0 Å². The molecule has 0 saturated heterocycles. The molecule has 0 heteroatoms. The molecular formula is C24H42. The van der Waals surface area contributed by atoms with Crippen LogP contribution in [0.3, 0.4) is 0 Å². The van der Waals surface area contributed by atoms with Crippen LogP contribution in [0.2, 0.25) is 0 Å². The zero-order chi connectivity index (χ0) is 16.8. The maximum Gasteiger partial charge on any atom is -0.0351 e. The second kappa shape index (κ2) is 9.44. The van der Waals surface area contributed by atoms with E-state index in [1.54, 1.807) is 44.9 Å². The number of hydrogen-bond donors (Lipinski definition) is 0. The molecule has 2 unspecified atom stereocenters. The Kier molecular flexibility index (Phi) is 7.29. The third kappa shape index (κ3) is 5.12. The Balaban J connectivity index is 1.40. The van der Waals surface area contributed by atoms with Crippen LogP contribution < -0.4 is 0 Å². The smallest absolute Gasteiger partial charge is 0.0351 e. The highest BCUT2D eigenvalue weighted by molar-refractivity contribution is 4.85. The first-order chi connectivity index (χ1) is 11.8. The molecule has 3 saturated carbocycles. The molecule has 0 N–H and O–H groups in total. The van der Waals surface area contributed by atoms with Crippen molar-refractivity contribution in [1.29, 1.82) is 0 Å². The van der Waals surface area contributed by atoms with Crippen molar-refractivity contribution in [3.63, 3.8) is 0 Å². The predicted octanol–water partition coefficient (Wildman–Crippen LogP) is 7.78. The first-order valence-corrected chi connectivity index (χ1v) is 11.4. The Morgan fingerprint density at radius 1 is 0.667 bits per heavy atom. The Hall–Kier alpha value is -0.260. The van der Waals surface area contributed by atoms with Crippen molar-refractivity contribution >= 4 is 0 Å². The van der Waals surface area contributed by atoms with E-state index in [0.717, 1.165) is 35.5 Å². The zero-order valence-corrected chi connectivity index (χ0v) is 16.4. The van der Waals surface area contributed by atoms with Crippen LogP contribution in [-0.2, 0) is 0 Å². The molecule has 0 nitrogen and oxygen atoms in total. The third-order valence-electron chi connectivity index (χ3n) is 8.12. The molecular weight excluding hydrogens is 288 g/mol. The Labute approximate surface area is 151 Å². The van der Waals surface area contributed by atoms with Gasteiger partial charge in [-0.05, 0) is 93.3 Å². The number of rotatable bonds is 5. The molecule has 0 spiro atoms. The summed E-state index contributed by atoms with van der Waals surface area (Å²) in [5.74, 6) is 6.37. The maximum absolute atomic E-state index is 3.91. The van der Waals surface area contributed by atoms with Gasteiger partial charge in [0.2, 0.25) is 0 Å². The van der Waals surface area contributed by atoms with Crippen molar-refractivity contribution < 1.29 is 0 Å². The topological polar surface area (TPSA) is 0 Å². The Morgan fingerprint density at radius 2 is 1.17 bits per heavy atom. The Morgan fingerprint density at radius 3 is 1.75 bits per heavy atom. The largest absolute Gasteiger partial charge is 0.103 e. The minimum Gasteiger partial charge on any atom is -0.103 e. The van der Waals surface area contributed by atoms with Crippen LogP contribution in [0, 0.1) is 35.5 Å². The predicted molar refractivity (Wildman–Crippen MR) is 106 cm³/mol. The van der Waals surface area contributed by atoms with E-state index in [1.165, 1.54) is 51.4 Å². The SMILES string of the molecule is C=CCCC1CCCC(C2CCC(C3CCC(C)CC3)CC2)CC1.